The van der Waals surface area contributed by atoms with Crippen molar-refractivity contribution >= 4 is 11.8 Å². The van der Waals surface area contributed by atoms with Crippen LogP contribution in [0.5, 0.6) is 5.75 Å². The second-order valence-electron chi connectivity index (χ2n) is 5.40. The van der Waals surface area contributed by atoms with Crippen LogP contribution < -0.4 is 4.74 Å². The molecule has 0 aliphatic heterocycles. The normalized spacial score (nSPS) is 10.6. The summed E-state index contributed by atoms with van der Waals surface area (Å²) in [5.74, 6) is 3.14. The van der Waals surface area contributed by atoms with Crippen LogP contribution in [0.2, 0.25) is 0 Å². The van der Waals surface area contributed by atoms with Gasteiger partial charge in [0, 0.05) is 5.75 Å². The van der Waals surface area contributed by atoms with Gasteiger partial charge in [-0.15, -0.1) is 0 Å². The van der Waals surface area contributed by atoms with Crippen molar-refractivity contribution in [1.29, 1.82) is 0 Å². The molecule has 0 amide bonds. The smallest absolute Gasteiger partial charge is 0.119 e. The van der Waals surface area contributed by atoms with Gasteiger partial charge in [0.05, 0.1) is 13.2 Å². The fourth-order valence-corrected chi connectivity index (χ4v) is 3.04. The highest BCUT2D eigenvalue weighted by Gasteiger charge is 1.97. The van der Waals surface area contributed by atoms with Gasteiger partial charge in [0.1, 0.15) is 5.75 Å². The van der Waals surface area contributed by atoms with Crippen molar-refractivity contribution in [2.75, 3.05) is 12.4 Å². The van der Waals surface area contributed by atoms with E-state index in [9.17, 15) is 0 Å². The third kappa shape index (κ3) is 6.12. The Hall–Kier alpha value is -1.45. The molecule has 0 aliphatic rings. The van der Waals surface area contributed by atoms with E-state index in [0.717, 1.165) is 35.8 Å². The van der Waals surface area contributed by atoms with Crippen molar-refractivity contribution < 1.29 is 9.84 Å². The lowest BCUT2D eigenvalue weighted by molar-refractivity contribution is 0.282. The van der Waals surface area contributed by atoms with Gasteiger partial charge in [0.25, 0.3) is 0 Å². The number of unbranched alkanes of at least 4 members (excludes halogenated alkanes) is 1. The summed E-state index contributed by atoms with van der Waals surface area (Å²) in [6, 6.07) is 16.4. The van der Waals surface area contributed by atoms with E-state index in [2.05, 4.69) is 31.2 Å². The predicted octanol–water partition coefficient (Wildman–Crippen LogP) is 4.58. The molecule has 22 heavy (non-hydrogen) atoms. The molecule has 2 rings (SSSR count). The highest BCUT2D eigenvalue weighted by molar-refractivity contribution is 7.98. The molecule has 0 saturated carbocycles. The second-order valence-corrected chi connectivity index (χ2v) is 6.50. The number of hydrogen-bond donors (Lipinski definition) is 1. The summed E-state index contributed by atoms with van der Waals surface area (Å²) in [7, 11) is 0. The van der Waals surface area contributed by atoms with Crippen LogP contribution in [0.15, 0.2) is 48.5 Å². The van der Waals surface area contributed by atoms with Gasteiger partial charge in [-0.1, -0.05) is 42.0 Å². The van der Waals surface area contributed by atoms with E-state index in [1.807, 2.05) is 36.0 Å². The number of hydrogen-bond acceptors (Lipinski definition) is 3. The van der Waals surface area contributed by atoms with Gasteiger partial charge < -0.3 is 9.84 Å². The van der Waals surface area contributed by atoms with Crippen LogP contribution in [-0.4, -0.2) is 17.5 Å². The molecule has 0 bridgehead atoms. The van der Waals surface area contributed by atoms with Crippen LogP contribution in [0, 0.1) is 6.92 Å². The first kappa shape index (κ1) is 16.9. The number of aliphatic hydroxyl groups is 1. The van der Waals surface area contributed by atoms with Crippen molar-refractivity contribution in [2.24, 2.45) is 0 Å². The van der Waals surface area contributed by atoms with Gasteiger partial charge in [-0.25, -0.2) is 0 Å². The minimum absolute atomic E-state index is 0.119. The van der Waals surface area contributed by atoms with Gasteiger partial charge in [-0.05, 0) is 48.8 Å². The zero-order chi connectivity index (χ0) is 15.6. The Bertz CT molecular complexity index is 534. The lowest BCUT2D eigenvalue weighted by Crippen LogP contribution is -1.98. The zero-order valence-electron chi connectivity index (χ0n) is 13.1. The Labute approximate surface area is 137 Å². The molecule has 118 valence electrons. The summed E-state index contributed by atoms with van der Waals surface area (Å²) >= 11 is 1.95. The first-order valence-electron chi connectivity index (χ1n) is 7.74. The van der Waals surface area contributed by atoms with E-state index in [1.165, 1.54) is 17.5 Å². The van der Waals surface area contributed by atoms with E-state index in [0.29, 0.717) is 0 Å². The van der Waals surface area contributed by atoms with Crippen molar-refractivity contribution in [1.82, 2.24) is 0 Å². The molecule has 0 aliphatic carbocycles. The molecule has 2 aromatic carbocycles. The Morgan fingerprint density at radius 1 is 0.909 bits per heavy atom. The van der Waals surface area contributed by atoms with Gasteiger partial charge in [-0.3, -0.25) is 0 Å². The van der Waals surface area contributed by atoms with Crippen LogP contribution in [-0.2, 0) is 12.4 Å². The quantitative estimate of drug-likeness (QED) is 0.687. The molecule has 0 spiro atoms. The second kappa shape index (κ2) is 9.54. The van der Waals surface area contributed by atoms with Gasteiger partial charge in [-0.2, -0.15) is 11.8 Å². The molecule has 0 saturated heterocycles. The van der Waals surface area contributed by atoms with Gasteiger partial charge in [0.15, 0.2) is 0 Å². The molecule has 3 heteroatoms. The van der Waals surface area contributed by atoms with Crippen molar-refractivity contribution in [3.8, 4) is 5.75 Å². The molecule has 0 atom stereocenters. The highest BCUT2D eigenvalue weighted by atomic mass is 32.2. The first-order valence-corrected chi connectivity index (χ1v) is 8.89. The summed E-state index contributed by atoms with van der Waals surface area (Å²) in [5, 5.41) is 9.00. The molecular formula is C19H24O2S. The van der Waals surface area contributed by atoms with Gasteiger partial charge in [0.2, 0.25) is 0 Å². The molecule has 0 fully saturated rings. The Morgan fingerprint density at radius 2 is 1.59 bits per heavy atom. The van der Waals surface area contributed by atoms with Crippen LogP contribution >= 0.6 is 11.8 Å². The summed E-state index contributed by atoms with van der Waals surface area (Å²) in [6.07, 6.45) is 2.26. The Kier molecular flexibility index (Phi) is 7.34. The predicted molar refractivity (Wildman–Crippen MR) is 94.4 cm³/mol. The van der Waals surface area contributed by atoms with Crippen molar-refractivity contribution in [2.45, 2.75) is 32.1 Å². The molecule has 1 N–H and O–H groups in total. The summed E-state index contributed by atoms with van der Waals surface area (Å²) < 4.78 is 5.72. The zero-order valence-corrected chi connectivity index (χ0v) is 13.9. The fourth-order valence-electron chi connectivity index (χ4n) is 2.06. The van der Waals surface area contributed by atoms with Crippen LogP contribution in [0.25, 0.3) is 0 Å². The van der Waals surface area contributed by atoms with E-state index in [-0.39, 0.29) is 6.61 Å². The maximum atomic E-state index is 9.00. The topological polar surface area (TPSA) is 29.5 Å². The molecule has 2 nitrogen and oxygen atoms in total. The number of aliphatic hydroxyl groups excluding tert-OH is 1. The molecule has 0 aromatic heterocycles. The lowest BCUT2D eigenvalue weighted by atomic mass is 10.2. The molecule has 0 radical (unpaired) electrons. The monoisotopic (exact) mass is 316 g/mol. The summed E-state index contributed by atoms with van der Waals surface area (Å²) in [5.41, 5.74) is 3.55. The average molecular weight is 316 g/mol. The van der Waals surface area contributed by atoms with Crippen LogP contribution in [0.4, 0.5) is 0 Å². The van der Waals surface area contributed by atoms with Crippen molar-refractivity contribution in [3.05, 3.63) is 65.2 Å². The Balaban J connectivity index is 1.52. The van der Waals surface area contributed by atoms with E-state index >= 15 is 0 Å². The Morgan fingerprint density at radius 3 is 2.27 bits per heavy atom. The minimum Gasteiger partial charge on any atom is -0.494 e. The third-order valence-corrected chi connectivity index (χ3v) is 4.56. The standard InChI is InChI=1S/C19H24O2S/c1-16-4-10-19(11-5-16)21-12-2-3-13-22-15-18-8-6-17(14-20)7-9-18/h4-11,20H,2-3,12-15H2,1H3. The van der Waals surface area contributed by atoms with E-state index < -0.39 is 0 Å². The lowest BCUT2D eigenvalue weighted by Gasteiger charge is -2.06. The summed E-state index contributed by atoms with van der Waals surface area (Å²) in [4.78, 5) is 0. The number of rotatable bonds is 9. The largest absolute Gasteiger partial charge is 0.494 e. The third-order valence-electron chi connectivity index (χ3n) is 3.45. The number of thioether (sulfide) groups is 1. The summed E-state index contributed by atoms with van der Waals surface area (Å²) in [6.45, 7) is 2.99. The molecule has 2 aromatic rings. The number of aryl methyl sites for hydroxylation is 1. The van der Waals surface area contributed by atoms with E-state index in [4.69, 9.17) is 9.84 Å². The van der Waals surface area contributed by atoms with Gasteiger partial charge >= 0.3 is 0 Å². The fraction of sp³-hybridized carbons (Fsp3) is 0.368. The molecular weight excluding hydrogens is 292 g/mol. The molecule has 0 unspecified atom stereocenters. The highest BCUT2D eigenvalue weighted by Crippen LogP contribution is 2.16. The maximum absolute atomic E-state index is 9.00. The minimum atomic E-state index is 0.119. The SMILES string of the molecule is Cc1ccc(OCCCCSCc2ccc(CO)cc2)cc1. The number of ether oxygens (including phenoxy) is 1. The maximum Gasteiger partial charge on any atom is 0.119 e. The van der Waals surface area contributed by atoms with Crippen molar-refractivity contribution in [3.63, 3.8) is 0 Å². The van der Waals surface area contributed by atoms with Crippen LogP contribution in [0.1, 0.15) is 29.5 Å². The molecule has 0 heterocycles. The number of benzene rings is 2. The first-order chi connectivity index (χ1) is 10.8. The van der Waals surface area contributed by atoms with E-state index in [1.54, 1.807) is 0 Å². The average Bonchev–Trinajstić information content (AvgIpc) is 2.56. The van der Waals surface area contributed by atoms with Crippen LogP contribution in [0.3, 0.4) is 0 Å².